The van der Waals surface area contributed by atoms with Crippen LogP contribution in [-0.4, -0.2) is 66.7 Å². The molecule has 1 aliphatic heterocycles. The Morgan fingerprint density at radius 1 is 1.11 bits per heavy atom. The first-order valence-electron chi connectivity index (χ1n) is 11.4. The predicted molar refractivity (Wildman–Crippen MR) is 133 cm³/mol. The minimum absolute atomic E-state index is 0.0961. The van der Waals surface area contributed by atoms with E-state index >= 15 is 0 Å². The van der Waals surface area contributed by atoms with Crippen LogP contribution in [0.4, 0.5) is 28.8 Å². The number of rotatable bonds is 8. The van der Waals surface area contributed by atoms with Crippen molar-refractivity contribution in [3.05, 3.63) is 65.5 Å². The zero-order chi connectivity index (χ0) is 25.5. The number of hydrogen-bond acceptors (Lipinski definition) is 7. The number of piperazine rings is 1. The Labute approximate surface area is 211 Å². The second-order valence-electron chi connectivity index (χ2n) is 8.31. The third-order valence-electron chi connectivity index (χ3n) is 5.76. The Hall–Kier alpha value is -3.38. The van der Waals surface area contributed by atoms with E-state index in [2.05, 4.69) is 24.8 Å². The number of alkyl halides is 3. The van der Waals surface area contributed by atoms with E-state index in [-0.39, 0.29) is 5.69 Å². The summed E-state index contributed by atoms with van der Waals surface area (Å²) in [7, 11) is 1.64. The maximum atomic E-state index is 12.8. The Bertz CT molecular complexity index is 1160. The van der Waals surface area contributed by atoms with Gasteiger partial charge in [0, 0.05) is 62.9 Å². The van der Waals surface area contributed by atoms with Crippen LogP contribution in [0.1, 0.15) is 17.0 Å². The van der Waals surface area contributed by atoms with Crippen molar-refractivity contribution in [2.45, 2.75) is 12.6 Å². The minimum Gasteiger partial charge on any atom is -0.497 e. The van der Waals surface area contributed by atoms with Crippen molar-refractivity contribution in [2.75, 3.05) is 56.6 Å². The van der Waals surface area contributed by atoms with E-state index in [1.165, 1.54) is 23.7 Å². The molecule has 192 valence electrons. The van der Waals surface area contributed by atoms with Crippen LogP contribution in [0.5, 0.6) is 5.75 Å². The van der Waals surface area contributed by atoms with Crippen LogP contribution in [0.15, 0.2) is 48.5 Å². The number of ether oxygens (including phenoxy) is 1. The van der Waals surface area contributed by atoms with E-state index in [1.54, 1.807) is 7.11 Å². The topological polar surface area (TPSA) is 82.6 Å². The van der Waals surface area contributed by atoms with Gasteiger partial charge in [0.1, 0.15) is 11.6 Å². The molecule has 4 rings (SSSR count). The minimum atomic E-state index is -4.46. The SMILES string of the molecule is COc1cccc(Cc2nsc(N3CCN(CCNC(=O)Nc4cccc(C(F)(F)F)c4)CC3)n2)c1. The molecule has 0 aliphatic carbocycles. The highest BCUT2D eigenvalue weighted by molar-refractivity contribution is 7.09. The van der Waals surface area contributed by atoms with Gasteiger partial charge in [-0.3, -0.25) is 4.90 Å². The van der Waals surface area contributed by atoms with Gasteiger partial charge in [-0.25, -0.2) is 9.78 Å². The van der Waals surface area contributed by atoms with Crippen LogP contribution in [0, 0.1) is 0 Å². The van der Waals surface area contributed by atoms with Crippen LogP contribution in [0.2, 0.25) is 0 Å². The molecule has 12 heteroatoms. The Morgan fingerprint density at radius 2 is 1.89 bits per heavy atom. The molecule has 1 saturated heterocycles. The fourth-order valence-electron chi connectivity index (χ4n) is 3.85. The van der Waals surface area contributed by atoms with Gasteiger partial charge in [0.05, 0.1) is 12.7 Å². The number of benzene rings is 2. The van der Waals surface area contributed by atoms with Gasteiger partial charge >= 0.3 is 12.2 Å². The number of anilines is 2. The van der Waals surface area contributed by atoms with Crippen molar-refractivity contribution >= 4 is 28.4 Å². The lowest BCUT2D eigenvalue weighted by Gasteiger charge is -2.34. The summed E-state index contributed by atoms with van der Waals surface area (Å²) in [5, 5.41) is 6.04. The fraction of sp³-hybridized carbons (Fsp3) is 0.375. The summed E-state index contributed by atoms with van der Waals surface area (Å²) in [6.45, 7) is 4.23. The van der Waals surface area contributed by atoms with Gasteiger partial charge in [-0.05, 0) is 35.9 Å². The maximum absolute atomic E-state index is 12.8. The summed E-state index contributed by atoms with van der Waals surface area (Å²) in [6.07, 6.45) is -3.81. The molecular weight excluding hydrogens is 493 g/mol. The van der Waals surface area contributed by atoms with Gasteiger partial charge in [-0.1, -0.05) is 18.2 Å². The number of halogens is 3. The molecule has 0 unspecified atom stereocenters. The number of methoxy groups -OCH3 is 1. The largest absolute Gasteiger partial charge is 0.497 e. The van der Waals surface area contributed by atoms with Crippen molar-refractivity contribution in [3.63, 3.8) is 0 Å². The van der Waals surface area contributed by atoms with E-state index in [4.69, 9.17) is 9.72 Å². The van der Waals surface area contributed by atoms with Gasteiger partial charge in [-0.2, -0.15) is 17.5 Å². The van der Waals surface area contributed by atoms with E-state index in [9.17, 15) is 18.0 Å². The molecule has 1 fully saturated rings. The second-order valence-corrected chi connectivity index (χ2v) is 9.04. The highest BCUT2D eigenvalue weighted by atomic mass is 32.1. The van der Waals surface area contributed by atoms with Gasteiger partial charge in [0.25, 0.3) is 0 Å². The average molecular weight is 521 g/mol. The average Bonchev–Trinajstić information content (AvgIpc) is 3.32. The molecule has 36 heavy (non-hydrogen) atoms. The Kier molecular flexibility index (Phi) is 8.26. The summed E-state index contributed by atoms with van der Waals surface area (Å²) in [5.74, 6) is 1.59. The monoisotopic (exact) mass is 520 g/mol. The van der Waals surface area contributed by atoms with Crippen LogP contribution in [0.25, 0.3) is 0 Å². The summed E-state index contributed by atoms with van der Waals surface area (Å²) < 4.78 is 48.2. The first kappa shape index (κ1) is 25.7. The van der Waals surface area contributed by atoms with Crippen molar-refractivity contribution in [1.82, 2.24) is 19.6 Å². The highest BCUT2D eigenvalue weighted by Crippen LogP contribution is 2.30. The molecule has 2 aromatic carbocycles. The van der Waals surface area contributed by atoms with Crippen LogP contribution in [-0.2, 0) is 12.6 Å². The lowest BCUT2D eigenvalue weighted by Crippen LogP contribution is -2.48. The number of nitrogens with one attached hydrogen (secondary N) is 2. The number of urea groups is 1. The quantitative estimate of drug-likeness (QED) is 0.466. The van der Waals surface area contributed by atoms with E-state index in [1.807, 2.05) is 24.3 Å². The standard InChI is InChI=1S/C24H27F3N6O2S/c1-35-20-7-2-4-17(14-20)15-21-30-23(36-31-21)33-12-10-32(11-13-33)9-8-28-22(34)29-19-6-3-5-18(16-19)24(25,26)27/h2-7,14,16H,8-13,15H2,1H3,(H2,28,29,34). The lowest BCUT2D eigenvalue weighted by molar-refractivity contribution is -0.137. The van der Waals surface area contributed by atoms with Gasteiger partial charge in [0.2, 0.25) is 5.13 Å². The predicted octanol–water partition coefficient (Wildman–Crippen LogP) is 4.10. The molecule has 8 nitrogen and oxygen atoms in total. The number of amides is 2. The van der Waals surface area contributed by atoms with Gasteiger partial charge in [-0.15, -0.1) is 0 Å². The zero-order valence-electron chi connectivity index (χ0n) is 19.7. The number of carbonyl (C=O) groups is 1. The maximum Gasteiger partial charge on any atom is 0.416 e. The molecule has 0 bridgehead atoms. The number of hydrogen-bond donors (Lipinski definition) is 2. The molecule has 2 amide bonds. The normalized spacial score (nSPS) is 14.5. The number of carbonyl (C=O) groups excluding carboxylic acids is 1. The van der Waals surface area contributed by atoms with Gasteiger partial charge < -0.3 is 20.3 Å². The molecule has 2 N–H and O–H groups in total. The third kappa shape index (κ3) is 7.08. The molecule has 1 aliphatic rings. The molecule has 0 radical (unpaired) electrons. The van der Waals surface area contributed by atoms with Crippen molar-refractivity contribution in [1.29, 1.82) is 0 Å². The summed E-state index contributed by atoms with van der Waals surface area (Å²) >= 11 is 1.39. The van der Waals surface area contributed by atoms with E-state index in [0.29, 0.717) is 19.5 Å². The summed E-state index contributed by atoms with van der Waals surface area (Å²) in [5.41, 5.74) is 0.382. The molecule has 3 aromatic rings. The van der Waals surface area contributed by atoms with Crippen molar-refractivity contribution in [3.8, 4) is 5.75 Å². The summed E-state index contributed by atoms with van der Waals surface area (Å²) in [4.78, 5) is 21.2. The zero-order valence-corrected chi connectivity index (χ0v) is 20.5. The van der Waals surface area contributed by atoms with Crippen LogP contribution < -0.4 is 20.3 Å². The molecular formula is C24H27F3N6O2S. The number of nitrogens with zero attached hydrogens (tertiary/aromatic N) is 4. The molecule has 0 spiro atoms. The Balaban J connectivity index is 1.18. The molecule has 0 atom stereocenters. The highest BCUT2D eigenvalue weighted by Gasteiger charge is 2.30. The first-order valence-corrected chi connectivity index (χ1v) is 12.2. The lowest BCUT2D eigenvalue weighted by atomic mass is 10.1. The second kappa shape index (κ2) is 11.6. The van der Waals surface area contributed by atoms with Crippen molar-refractivity contribution in [2.24, 2.45) is 0 Å². The smallest absolute Gasteiger partial charge is 0.416 e. The van der Waals surface area contributed by atoms with Crippen LogP contribution in [0.3, 0.4) is 0 Å². The fourth-order valence-corrected chi connectivity index (χ4v) is 4.59. The summed E-state index contributed by atoms with van der Waals surface area (Å²) in [6, 6.07) is 11.9. The van der Waals surface area contributed by atoms with Gasteiger partial charge in [0.15, 0.2) is 0 Å². The van der Waals surface area contributed by atoms with Crippen molar-refractivity contribution < 1.29 is 22.7 Å². The number of aromatic nitrogens is 2. The van der Waals surface area contributed by atoms with Crippen LogP contribution >= 0.6 is 11.5 Å². The molecule has 1 aromatic heterocycles. The first-order chi connectivity index (χ1) is 17.3. The van der Waals surface area contributed by atoms with E-state index < -0.39 is 17.8 Å². The third-order valence-corrected chi connectivity index (χ3v) is 6.57. The molecule has 2 heterocycles. The molecule has 0 saturated carbocycles. The van der Waals surface area contributed by atoms with E-state index in [0.717, 1.165) is 60.6 Å². The Morgan fingerprint density at radius 3 is 2.64 bits per heavy atom.